The summed E-state index contributed by atoms with van der Waals surface area (Å²) in [5.74, 6) is 0.0323. The summed E-state index contributed by atoms with van der Waals surface area (Å²) >= 11 is 1.60. The Morgan fingerprint density at radius 3 is 2.79 bits per heavy atom. The standard InChI is InChI=1S/C19H19N5O3S/c25-19(6-4-17-2-1-11-28-17)22-9-7-21(8-10-22)14-23-18-5-3-16(24(26)27)12-15(18)13-20-23/h1-6,11-13H,7-10,14H2. The molecule has 28 heavy (non-hydrogen) atoms. The van der Waals surface area contributed by atoms with Gasteiger partial charge in [-0.3, -0.25) is 24.5 Å². The summed E-state index contributed by atoms with van der Waals surface area (Å²) < 4.78 is 1.84. The van der Waals surface area contributed by atoms with Gasteiger partial charge in [0.05, 0.1) is 23.3 Å². The molecule has 0 N–H and O–H groups in total. The predicted molar refractivity (Wildman–Crippen MR) is 108 cm³/mol. The third-order valence-corrected chi connectivity index (χ3v) is 5.63. The molecule has 2 aromatic heterocycles. The summed E-state index contributed by atoms with van der Waals surface area (Å²) in [6.45, 7) is 3.44. The Labute approximate surface area is 165 Å². The summed E-state index contributed by atoms with van der Waals surface area (Å²) in [4.78, 5) is 28.0. The summed E-state index contributed by atoms with van der Waals surface area (Å²) in [5.41, 5.74) is 0.928. The number of nitrogens with zero attached hydrogens (tertiary/aromatic N) is 5. The minimum absolute atomic E-state index is 0.0323. The molecule has 0 aliphatic carbocycles. The molecular formula is C19H19N5O3S. The molecule has 1 amide bonds. The van der Waals surface area contributed by atoms with Crippen LogP contribution in [0.1, 0.15) is 4.88 Å². The van der Waals surface area contributed by atoms with Gasteiger partial charge in [0, 0.05) is 54.7 Å². The lowest BCUT2D eigenvalue weighted by Crippen LogP contribution is -2.48. The van der Waals surface area contributed by atoms with Gasteiger partial charge in [0.1, 0.15) is 0 Å². The Kier molecular flexibility index (Phi) is 5.18. The van der Waals surface area contributed by atoms with Gasteiger partial charge in [0.25, 0.3) is 5.69 Å². The summed E-state index contributed by atoms with van der Waals surface area (Å²) in [7, 11) is 0. The minimum atomic E-state index is -0.403. The zero-order valence-electron chi connectivity index (χ0n) is 15.1. The van der Waals surface area contributed by atoms with Gasteiger partial charge in [0.15, 0.2) is 0 Å². The van der Waals surface area contributed by atoms with Crippen LogP contribution in [0, 0.1) is 10.1 Å². The number of nitro groups is 1. The van der Waals surface area contributed by atoms with Crippen LogP contribution < -0.4 is 0 Å². The normalized spacial score (nSPS) is 15.5. The first-order valence-corrected chi connectivity index (χ1v) is 9.81. The Balaban J connectivity index is 1.35. The van der Waals surface area contributed by atoms with E-state index in [1.165, 1.54) is 12.1 Å². The average molecular weight is 397 g/mol. The Morgan fingerprint density at radius 2 is 2.07 bits per heavy atom. The van der Waals surface area contributed by atoms with Gasteiger partial charge in [0.2, 0.25) is 5.91 Å². The van der Waals surface area contributed by atoms with E-state index in [4.69, 9.17) is 0 Å². The molecule has 3 heterocycles. The molecule has 1 aliphatic heterocycles. The van der Waals surface area contributed by atoms with Crippen LogP contribution >= 0.6 is 11.3 Å². The number of amides is 1. The summed E-state index contributed by atoms with van der Waals surface area (Å²) in [6, 6.07) is 8.71. The lowest BCUT2D eigenvalue weighted by Gasteiger charge is -2.34. The molecule has 0 bridgehead atoms. The monoisotopic (exact) mass is 397 g/mol. The molecule has 1 aliphatic rings. The van der Waals surface area contributed by atoms with Gasteiger partial charge >= 0.3 is 0 Å². The number of hydrogen-bond acceptors (Lipinski definition) is 6. The summed E-state index contributed by atoms with van der Waals surface area (Å²) in [5, 5.41) is 18.0. The highest BCUT2D eigenvalue weighted by Gasteiger charge is 2.20. The molecule has 1 fully saturated rings. The van der Waals surface area contributed by atoms with Crippen molar-refractivity contribution in [2.75, 3.05) is 26.2 Å². The van der Waals surface area contributed by atoms with Crippen molar-refractivity contribution in [1.82, 2.24) is 19.6 Å². The van der Waals surface area contributed by atoms with Crippen LogP contribution in [0.25, 0.3) is 17.0 Å². The molecule has 0 atom stereocenters. The first-order valence-electron chi connectivity index (χ1n) is 8.93. The SMILES string of the molecule is O=C(C=Cc1cccs1)N1CCN(Cn2ncc3cc([N+](=O)[O-])ccc32)CC1. The zero-order valence-corrected chi connectivity index (χ0v) is 15.9. The van der Waals surface area contributed by atoms with Crippen molar-refractivity contribution < 1.29 is 9.72 Å². The highest BCUT2D eigenvalue weighted by atomic mass is 32.1. The molecule has 1 saturated heterocycles. The number of aromatic nitrogens is 2. The molecule has 4 rings (SSSR count). The number of hydrogen-bond donors (Lipinski definition) is 0. The maximum atomic E-state index is 12.3. The van der Waals surface area contributed by atoms with Crippen LogP contribution in [0.3, 0.4) is 0 Å². The molecule has 8 nitrogen and oxygen atoms in total. The van der Waals surface area contributed by atoms with Crippen LogP contribution in [0.15, 0.2) is 48.0 Å². The highest BCUT2D eigenvalue weighted by Crippen LogP contribution is 2.21. The largest absolute Gasteiger partial charge is 0.337 e. The van der Waals surface area contributed by atoms with Crippen molar-refractivity contribution in [2.24, 2.45) is 0 Å². The van der Waals surface area contributed by atoms with Crippen LogP contribution in [0.5, 0.6) is 0 Å². The van der Waals surface area contributed by atoms with E-state index in [9.17, 15) is 14.9 Å². The maximum absolute atomic E-state index is 12.3. The van der Waals surface area contributed by atoms with Crippen LogP contribution in [0.2, 0.25) is 0 Å². The third kappa shape index (κ3) is 3.95. The van der Waals surface area contributed by atoms with E-state index < -0.39 is 4.92 Å². The Bertz CT molecular complexity index is 1020. The molecule has 0 saturated carbocycles. The predicted octanol–water partition coefficient (Wildman–Crippen LogP) is 2.82. The van der Waals surface area contributed by atoms with Crippen LogP contribution in [-0.2, 0) is 11.5 Å². The lowest BCUT2D eigenvalue weighted by molar-refractivity contribution is -0.384. The smallest absolute Gasteiger partial charge is 0.270 e. The number of nitro benzene ring substituents is 1. The van der Waals surface area contributed by atoms with Gasteiger partial charge in [-0.2, -0.15) is 5.10 Å². The van der Waals surface area contributed by atoms with Gasteiger partial charge in [-0.15, -0.1) is 11.3 Å². The number of carbonyl (C=O) groups is 1. The Hall–Kier alpha value is -3.04. The number of fused-ring (bicyclic) bond motifs is 1. The van der Waals surface area contributed by atoms with E-state index in [0.717, 1.165) is 28.9 Å². The highest BCUT2D eigenvalue weighted by molar-refractivity contribution is 7.10. The fraction of sp³-hybridized carbons (Fsp3) is 0.263. The van der Waals surface area contributed by atoms with Crippen molar-refractivity contribution in [3.8, 4) is 0 Å². The van der Waals surface area contributed by atoms with E-state index >= 15 is 0 Å². The molecule has 0 radical (unpaired) electrons. The van der Waals surface area contributed by atoms with E-state index in [0.29, 0.717) is 19.8 Å². The third-order valence-electron chi connectivity index (χ3n) is 4.79. The number of non-ortho nitro benzene ring substituents is 1. The number of rotatable bonds is 5. The van der Waals surface area contributed by atoms with Crippen molar-refractivity contribution >= 4 is 39.9 Å². The molecule has 1 aromatic carbocycles. The molecule has 9 heteroatoms. The number of piperazine rings is 1. The maximum Gasteiger partial charge on any atom is 0.270 e. The topological polar surface area (TPSA) is 84.5 Å². The zero-order chi connectivity index (χ0) is 19.5. The van der Waals surface area contributed by atoms with Crippen molar-refractivity contribution in [3.63, 3.8) is 0 Å². The van der Waals surface area contributed by atoms with E-state index in [2.05, 4.69) is 10.00 Å². The number of carbonyl (C=O) groups excluding carboxylic acids is 1. The van der Waals surface area contributed by atoms with E-state index in [1.54, 1.807) is 29.7 Å². The van der Waals surface area contributed by atoms with E-state index in [-0.39, 0.29) is 11.6 Å². The Morgan fingerprint density at radius 1 is 1.25 bits per heavy atom. The van der Waals surface area contributed by atoms with Crippen molar-refractivity contribution in [2.45, 2.75) is 6.67 Å². The first kappa shape index (κ1) is 18.3. The van der Waals surface area contributed by atoms with Crippen LogP contribution in [0.4, 0.5) is 5.69 Å². The number of benzene rings is 1. The fourth-order valence-electron chi connectivity index (χ4n) is 3.24. The molecule has 3 aromatic rings. The second-order valence-corrected chi connectivity index (χ2v) is 7.56. The van der Waals surface area contributed by atoms with Gasteiger partial charge in [-0.1, -0.05) is 6.07 Å². The van der Waals surface area contributed by atoms with Gasteiger partial charge in [-0.05, 0) is 23.6 Å². The van der Waals surface area contributed by atoms with Gasteiger partial charge < -0.3 is 4.90 Å². The molecular weight excluding hydrogens is 378 g/mol. The first-order chi connectivity index (χ1) is 13.6. The van der Waals surface area contributed by atoms with Gasteiger partial charge in [-0.25, -0.2) is 0 Å². The van der Waals surface area contributed by atoms with Crippen molar-refractivity contribution in [1.29, 1.82) is 0 Å². The summed E-state index contributed by atoms with van der Waals surface area (Å²) in [6.07, 6.45) is 5.14. The second kappa shape index (κ2) is 7.91. The minimum Gasteiger partial charge on any atom is -0.337 e. The quantitative estimate of drug-likeness (QED) is 0.375. The van der Waals surface area contributed by atoms with Crippen molar-refractivity contribution in [3.05, 3.63) is 63.0 Å². The second-order valence-electron chi connectivity index (χ2n) is 6.58. The molecule has 144 valence electrons. The fourth-order valence-corrected chi connectivity index (χ4v) is 3.86. The van der Waals surface area contributed by atoms with E-state index in [1.807, 2.05) is 33.2 Å². The molecule has 0 spiro atoms. The number of thiophene rings is 1. The lowest BCUT2D eigenvalue weighted by atomic mass is 10.2. The average Bonchev–Trinajstić information content (AvgIpc) is 3.36. The van der Waals surface area contributed by atoms with Crippen LogP contribution in [-0.4, -0.2) is 56.6 Å². The molecule has 0 unspecified atom stereocenters.